The molecule has 0 unspecified atom stereocenters. The van der Waals surface area contributed by atoms with Gasteiger partial charge in [0, 0.05) is 32.7 Å². The molecule has 0 fully saturated rings. The van der Waals surface area contributed by atoms with Gasteiger partial charge in [-0.15, -0.1) is 0 Å². The minimum Gasteiger partial charge on any atom is -0.307 e. The van der Waals surface area contributed by atoms with Crippen LogP contribution in [0.3, 0.4) is 0 Å². The van der Waals surface area contributed by atoms with E-state index in [1.807, 2.05) is 150 Å². The first kappa shape index (κ1) is 38.6. The number of nitrogens with zero attached hydrogens (tertiary/aromatic N) is 3. The summed E-state index contributed by atoms with van der Waals surface area (Å²) in [5.74, 6) is 0. The van der Waals surface area contributed by atoms with Gasteiger partial charge in [-0.2, -0.15) is 31.6 Å². The van der Waals surface area contributed by atoms with Crippen LogP contribution >= 0.6 is 0 Å². The van der Waals surface area contributed by atoms with Gasteiger partial charge in [-0.1, -0.05) is 103 Å². The van der Waals surface area contributed by atoms with E-state index in [0.29, 0.717) is 28.9 Å². The number of aromatic nitrogens is 2. The third kappa shape index (κ3) is 6.13. The molecule has 0 bridgehead atoms. The maximum atomic E-state index is 14.9. The average Bonchev–Trinajstić information content (AvgIpc) is 3.77. The Morgan fingerprint density at radius 2 is 0.839 bits per heavy atom. The fourth-order valence-corrected chi connectivity index (χ4v) is 9.14. The Bertz CT molecular complexity index is 3450. The molecule has 2 heterocycles. The lowest BCUT2D eigenvalue weighted by molar-refractivity contribution is -0.142. The predicted molar refractivity (Wildman–Crippen MR) is 236 cm³/mol. The second-order valence-corrected chi connectivity index (χ2v) is 15.5. The fourth-order valence-electron chi connectivity index (χ4n) is 9.14. The minimum atomic E-state index is -5.18. The van der Waals surface area contributed by atoms with Crippen molar-refractivity contribution in [3.63, 3.8) is 0 Å². The maximum absolute atomic E-state index is 14.9. The highest BCUT2D eigenvalue weighted by atomic mass is 19.4. The number of fused-ring (bicyclic) bond motifs is 6. The number of halogens is 6. The van der Waals surface area contributed by atoms with Gasteiger partial charge < -0.3 is 9.13 Å². The van der Waals surface area contributed by atoms with Gasteiger partial charge in [-0.3, -0.25) is 0 Å². The van der Waals surface area contributed by atoms with Crippen molar-refractivity contribution in [1.82, 2.24) is 9.13 Å². The Hall–Kier alpha value is -7.57. The summed E-state index contributed by atoms with van der Waals surface area (Å²) in [6.07, 6.45) is -10.4. The van der Waals surface area contributed by atoms with Crippen molar-refractivity contribution in [2.45, 2.75) is 26.2 Å². The molecule has 0 aliphatic carbocycles. The van der Waals surface area contributed by atoms with Crippen molar-refractivity contribution >= 4 is 43.6 Å². The Morgan fingerprint density at radius 1 is 0.419 bits per heavy atom. The molecule has 9 heteroatoms. The summed E-state index contributed by atoms with van der Waals surface area (Å²) in [6.45, 7) is 4.06. The second-order valence-electron chi connectivity index (χ2n) is 15.5. The highest BCUT2D eigenvalue weighted by molar-refractivity contribution is 6.13. The molecule has 0 spiro atoms. The molecule has 0 amide bonds. The standard InChI is InChI=1S/C53H33F6N3/c1-31-12-3-5-14-36(31)33-22-24-47-41(26-33)38-16-7-9-20-45(38)61(47)49-28-35(30-60)40(51-43(52(54,55)56)18-11-19-44(51)53(57,58)59)29-50(49)62-46-21-10-8-17-39(46)42-27-34(23-25-48(42)62)37-15-6-4-13-32(37)2/h3-29H,1-2H3. The zero-order valence-electron chi connectivity index (χ0n) is 33.2. The predicted octanol–water partition coefficient (Wildman–Crippen LogP) is 15.4. The molecule has 10 rings (SSSR count). The minimum absolute atomic E-state index is 0.282. The molecular formula is C53H33F6N3. The van der Waals surface area contributed by atoms with Gasteiger partial charge in [0.15, 0.2) is 0 Å². The number of alkyl halides is 6. The van der Waals surface area contributed by atoms with Crippen molar-refractivity contribution in [1.29, 1.82) is 5.26 Å². The molecule has 0 radical (unpaired) electrons. The van der Waals surface area contributed by atoms with E-state index in [0.717, 1.165) is 72.0 Å². The summed E-state index contributed by atoms with van der Waals surface area (Å²) in [4.78, 5) is 0. The molecule has 0 N–H and O–H groups in total. The molecule has 3 nitrogen and oxygen atoms in total. The van der Waals surface area contributed by atoms with Gasteiger partial charge in [-0.25, -0.2) is 0 Å². The monoisotopic (exact) mass is 825 g/mol. The van der Waals surface area contributed by atoms with Crippen LogP contribution in [0.25, 0.3) is 88.4 Å². The summed E-state index contributed by atoms with van der Waals surface area (Å²) >= 11 is 0. The SMILES string of the molecule is Cc1ccccc1-c1ccc2c(c1)c1ccccc1n2-c1cc(C#N)c(-c2c(C(F)(F)F)cccc2C(F)(F)F)cc1-n1c2ccccc2c2cc(-c3ccccc3C)ccc21. The second kappa shape index (κ2) is 14.3. The highest BCUT2D eigenvalue weighted by Crippen LogP contribution is 2.48. The van der Waals surface area contributed by atoms with Gasteiger partial charge >= 0.3 is 12.4 Å². The largest absolute Gasteiger partial charge is 0.417 e. The van der Waals surface area contributed by atoms with Crippen LogP contribution in [-0.2, 0) is 12.4 Å². The van der Waals surface area contributed by atoms with E-state index in [4.69, 9.17) is 0 Å². The number of para-hydroxylation sites is 2. The first-order valence-corrected chi connectivity index (χ1v) is 19.9. The lowest BCUT2D eigenvalue weighted by Gasteiger charge is -2.23. The van der Waals surface area contributed by atoms with Crippen LogP contribution in [0.4, 0.5) is 26.3 Å². The number of nitriles is 1. The maximum Gasteiger partial charge on any atom is 0.417 e. The van der Waals surface area contributed by atoms with E-state index in [-0.39, 0.29) is 11.3 Å². The van der Waals surface area contributed by atoms with Crippen LogP contribution in [0, 0.1) is 25.2 Å². The van der Waals surface area contributed by atoms with Crippen LogP contribution in [0.1, 0.15) is 27.8 Å². The molecule has 0 atom stereocenters. The zero-order valence-corrected chi connectivity index (χ0v) is 33.2. The van der Waals surface area contributed by atoms with E-state index in [1.165, 1.54) is 12.1 Å². The lowest BCUT2D eigenvalue weighted by Crippen LogP contribution is -2.15. The summed E-state index contributed by atoms with van der Waals surface area (Å²) in [5, 5.41) is 14.2. The zero-order chi connectivity index (χ0) is 43.1. The van der Waals surface area contributed by atoms with Crippen LogP contribution in [0.5, 0.6) is 0 Å². The summed E-state index contributed by atoms with van der Waals surface area (Å²) < 4.78 is 93.3. The van der Waals surface area contributed by atoms with E-state index >= 15 is 0 Å². The molecule has 0 saturated carbocycles. The van der Waals surface area contributed by atoms with Gasteiger partial charge in [0.1, 0.15) is 0 Å². The molecule has 10 aromatic rings. The number of hydrogen-bond donors (Lipinski definition) is 0. The number of benzene rings is 8. The number of aryl methyl sites for hydroxylation is 2. The smallest absolute Gasteiger partial charge is 0.307 e. The van der Waals surface area contributed by atoms with E-state index in [1.54, 1.807) is 0 Å². The Balaban J connectivity index is 1.37. The third-order valence-corrected chi connectivity index (χ3v) is 11.9. The van der Waals surface area contributed by atoms with Gasteiger partial charge in [0.2, 0.25) is 0 Å². The average molecular weight is 826 g/mol. The number of rotatable bonds is 5. The molecule has 0 saturated heterocycles. The van der Waals surface area contributed by atoms with E-state index < -0.39 is 34.6 Å². The Labute approximate surface area is 351 Å². The van der Waals surface area contributed by atoms with E-state index in [2.05, 4.69) is 12.1 Å². The normalized spacial score (nSPS) is 12.2. The van der Waals surface area contributed by atoms with Crippen LogP contribution in [0.15, 0.2) is 164 Å². The molecule has 62 heavy (non-hydrogen) atoms. The van der Waals surface area contributed by atoms with Gasteiger partial charge in [-0.05, 0) is 108 Å². The summed E-state index contributed by atoms with van der Waals surface area (Å²) in [6, 6.07) is 50.1. The molecule has 0 aliphatic heterocycles. The van der Waals surface area contributed by atoms with Gasteiger partial charge in [0.05, 0.1) is 56.2 Å². The number of hydrogen-bond acceptors (Lipinski definition) is 1. The van der Waals surface area contributed by atoms with Crippen LogP contribution < -0.4 is 0 Å². The molecular weight excluding hydrogens is 793 g/mol. The first-order valence-electron chi connectivity index (χ1n) is 19.9. The highest BCUT2D eigenvalue weighted by Gasteiger charge is 2.42. The molecule has 0 aliphatic rings. The summed E-state index contributed by atoms with van der Waals surface area (Å²) in [7, 11) is 0. The fraction of sp³-hybridized carbons (Fsp3) is 0.0755. The van der Waals surface area contributed by atoms with Crippen LogP contribution in [-0.4, -0.2) is 9.13 Å². The third-order valence-electron chi connectivity index (χ3n) is 11.9. The topological polar surface area (TPSA) is 33.6 Å². The first-order chi connectivity index (χ1) is 29.8. The lowest BCUT2D eigenvalue weighted by atomic mass is 9.89. The Morgan fingerprint density at radius 3 is 1.29 bits per heavy atom. The van der Waals surface area contributed by atoms with Crippen molar-refractivity contribution in [2.75, 3.05) is 0 Å². The summed E-state index contributed by atoms with van der Waals surface area (Å²) in [5.41, 5.74) is 4.68. The van der Waals surface area contributed by atoms with Gasteiger partial charge in [0.25, 0.3) is 0 Å². The van der Waals surface area contributed by atoms with Crippen molar-refractivity contribution in [3.8, 4) is 50.8 Å². The van der Waals surface area contributed by atoms with Crippen molar-refractivity contribution < 1.29 is 26.3 Å². The molecule has 302 valence electrons. The van der Waals surface area contributed by atoms with E-state index in [9.17, 15) is 31.6 Å². The van der Waals surface area contributed by atoms with Crippen LogP contribution in [0.2, 0.25) is 0 Å². The van der Waals surface area contributed by atoms with Crippen molar-refractivity contribution in [2.24, 2.45) is 0 Å². The Kier molecular flexibility index (Phi) is 8.89. The molecule has 8 aromatic carbocycles. The quantitative estimate of drug-likeness (QED) is 0.159. The van der Waals surface area contributed by atoms with Crippen molar-refractivity contribution in [3.05, 3.63) is 192 Å². The molecule has 2 aromatic heterocycles.